The van der Waals surface area contributed by atoms with Crippen molar-refractivity contribution in [3.05, 3.63) is 35.0 Å². The SMILES string of the molecule is Cc1ccc(-c2c(N)n[nH]c2C2CCCCCC2)cc1C. The van der Waals surface area contributed by atoms with Crippen molar-refractivity contribution < 1.29 is 0 Å². The summed E-state index contributed by atoms with van der Waals surface area (Å²) in [5.74, 6) is 1.21. The fourth-order valence-corrected chi connectivity index (χ4v) is 3.43. The van der Waals surface area contributed by atoms with E-state index in [2.05, 4.69) is 42.2 Å². The topological polar surface area (TPSA) is 54.7 Å². The van der Waals surface area contributed by atoms with Gasteiger partial charge in [0.15, 0.2) is 5.82 Å². The van der Waals surface area contributed by atoms with Gasteiger partial charge in [0.05, 0.1) is 0 Å². The molecule has 3 N–H and O–H groups in total. The van der Waals surface area contributed by atoms with Crippen LogP contribution in [0.15, 0.2) is 18.2 Å². The van der Waals surface area contributed by atoms with Crippen molar-refractivity contribution in [3.63, 3.8) is 0 Å². The van der Waals surface area contributed by atoms with Gasteiger partial charge in [-0.3, -0.25) is 5.10 Å². The van der Waals surface area contributed by atoms with Gasteiger partial charge in [-0.25, -0.2) is 0 Å². The van der Waals surface area contributed by atoms with Gasteiger partial charge in [0.25, 0.3) is 0 Å². The molecule has 0 amide bonds. The van der Waals surface area contributed by atoms with Crippen LogP contribution in [0.2, 0.25) is 0 Å². The summed E-state index contributed by atoms with van der Waals surface area (Å²) in [5, 5.41) is 7.53. The summed E-state index contributed by atoms with van der Waals surface area (Å²) < 4.78 is 0. The van der Waals surface area contributed by atoms with E-state index >= 15 is 0 Å². The molecular formula is C18H25N3. The highest BCUT2D eigenvalue weighted by molar-refractivity contribution is 5.77. The molecule has 3 nitrogen and oxygen atoms in total. The number of nitrogens with one attached hydrogen (secondary N) is 1. The molecule has 2 aromatic rings. The summed E-state index contributed by atoms with van der Waals surface area (Å²) in [7, 11) is 0. The molecule has 0 spiro atoms. The number of nitrogens with zero attached hydrogens (tertiary/aromatic N) is 1. The smallest absolute Gasteiger partial charge is 0.153 e. The number of nitrogens with two attached hydrogens (primary N) is 1. The molecule has 112 valence electrons. The third-order valence-corrected chi connectivity index (χ3v) is 4.88. The van der Waals surface area contributed by atoms with E-state index < -0.39 is 0 Å². The molecule has 1 aromatic carbocycles. The first-order valence-corrected chi connectivity index (χ1v) is 8.08. The minimum atomic E-state index is 0.578. The Morgan fingerprint density at radius 2 is 1.76 bits per heavy atom. The number of hydrogen-bond donors (Lipinski definition) is 2. The lowest BCUT2D eigenvalue weighted by molar-refractivity contribution is 0.577. The van der Waals surface area contributed by atoms with Crippen LogP contribution in [-0.4, -0.2) is 10.2 Å². The minimum Gasteiger partial charge on any atom is -0.382 e. The summed E-state index contributed by atoms with van der Waals surface area (Å²) in [6, 6.07) is 6.58. The predicted molar refractivity (Wildman–Crippen MR) is 88.4 cm³/mol. The predicted octanol–water partition coefficient (Wildman–Crippen LogP) is 4.71. The van der Waals surface area contributed by atoms with E-state index in [0.29, 0.717) is 11.7 Å². The Balaban J connectivity index is 2.01. The monoisotopic (exact) mass is 283 g/mol. The normalized spacial score (nSPS) is 16.9. The van der Waals surface area contributed by atoms with E-state index in [1.807, 2.05) is 0 Å². The van der Waals surface area contributed by atoms with Crippen LogP contribution >= 0.6 is 0 Å². The van der Waals surface area contributed by atoms with Gasteiger partial charge in [-0.05, 0) is 43.4 Å². The first-order chi connectivity index (χ1) is 10.2. The molecule has 0 radical (unpaired) electrons. The van der Waals surface area contributed by atoms with Crippen molar-refractivity contribution in [2.24, 2.45) is 0 Å². The van der Waals surface area contributed by atoms with Crippen molar-refractivity contribution in [1.82, 2.24) is 10.2 Å². The summed E-state index contributed by atoms with van der Waals surface area (Å²) in [6.07, 6.45) is 7.85. The standard InChI is InChI=1S/C18H25N3/c1-12-9-10-15(11-13(12)2)16-17(20-21-18(16)19)14-7-5-3-4-6-8-14/h9-11,14H,3-8H2,1-2H3,(H3,19,20,21). The Hall–Kier alpha value is -1.77. The van der Waals surface area contributed by atoms with Crippen LogP contribution in [0.1, 0.15) is 61.3 Å². The summed E-state index contributed by atoms with van der Waals surface area (Å²) in [6.45, 7) is 4.30. The van der Waals surface area contributed by atoms with E-state index in [9.17, 15) is 0 Å². The molecule has 1 aliphatic carbocycles. The zero-order valence-corrected chi connectivity index (χ0v) is 13.1. The summed E-state index contributed by atoms with van der Waals surface area (Å²) >= 11 is 0. The Labute approximate surface area is 127 Å². The number of rotatable bonds is 2. The van der Waals surface area contributed by atoms with Crippen molar-refractivity contribution >= 4 is 5.82 Å². The number of aryl methyl sites for hydroxylation is 2. The molecule has 1 heterocycles. The zero-order chi connectivity index (χ0) is 14.8. The highest BCUT2D eigenvalue weighted by Gasteiger charge is 2.22. The highest BCUT2D eigenvalue weighted by Crippen LogP contribution is 2.39. The Kier molecular flexibility index (Phi) is 4.00. The second-order valence-corrected chi connectivity index (χ2v) is 6.39. The largest absolute Gasteiger partial charge is 0.382 e. The van der Waals surface area contributed by atoms with Crippen LogP contribution in [0, 0.1) is 13.8 Å². The van der Waals surface area contributed by atoms with E-state index in [1.165, 1.54) is 60.9 Å². The molecule has 3 heteroatoms. The van der Waals surface area contributed by atoms with Gasteiger partial charge in [-0.15, -0.1) is 0 Å². The first-order valence-electron chi connectivity index (χ1n) is 8.08. The molecule has 3 rings (SSSR count). The minimum absolute atomic E-state index is 0.578. The average Bonchev–Trinajstić information content (AvgIpc) is 2.69. The lowest BCUT2D eigenvalue weighted by atomic mass is 9.90. The Morgan fingerprint density at radius 1 is 1.05 bits per heavy atom. The number of H-pyrrole nitrogens is 1. The van der Waals surface area contributed by atoms with Crippen LogP contribution in [0.5, 0.6) is 0 Å². The number of aromatic amines is 1. The Bertz CT molecular complexity index is 619. The second kappa shape index (κ2) is 5.92. The lowest BCUT2D eigenvalue weighted by Crippen LogP contribution is -2.00. The van der Waals surface area contributed by atoms with Crippen LogP contribution in [-0.2, 0) is 0 Å². The second-order valence-electron chi connectivity index (χ2n) is 6.39. The molecule has 1 fully saturated rings. The average molecular weight is 283 g/mol. The van der Waals surface area contributed by atoms with Crippen LogP contribution in [0.3, 0.4) is 0 Å². The van der Waals surface area contributed by atoms with Crippen molar-refractivity contribution in [1.29, 1.82) is 0 Å². The van der Waals surface area contributed by atoms with Gasteiger partial charge >= 0.3 is 0 Å². The third-order valence-electron chi connectivity index (χ3n) is 4.88. The molecule has 1 aromatic heterocycles. The molecule has 0 aliphatic heterocycles. The maximum atomic E-state index is 6.16. The van der Waals surface area contributed by atoms with Crippen LogP contribution in [0.4, 0.5) is 5.82 Å². The van der Waals surface area contributed by atoms with Gasteiger partial charge in [0.2, 0.25) is 0 Å². The molecule has 0 saturated heterocycles. The van der Waals surface area contributed by atoms with E-state index in [1.54, 1.807) is 0 Å². The fourth-order valence-electron chi connectivity index (χ4n) is 3.43. The highest BCUT2D eigenvalue weighted by atomic mass is 15.2. The van der Waals surface area contributed by atoms with E-state index in [0.717, 1.165) is 5.56 Å². The summed E-state index contributed by atoms with van der Waals surface area (Å²) in [5.41, 5.74) is 12.4. The number of benzene rings is 1. The van der Waals surface area contributed by atoms with Crippen molar-refractivity contribution in [2.45, 2.75) is 58.3 Å². The fraction of sp³-hybridized carbons (Fsp3) is 0.500. The van der Waals surface area contributed by atoms with Gasteiger partial charge in [-0.2, -0.15) is 5.10 Å². The van der Waals surface area contributed by atoms with Gasteiger partial charge < -0.3 is 5.73 Å². The molecular weight excluding hydrogens is 258 g/mol. The van der Waals surface area contributed by atoms with Crippen LogP contribution in [0.25, 0.3) is 11.1 Å². The number of anilines is 1. The number of nitrogen functional groups attached to an aromatic ring is 1. The van der Waals surface area contributed by atoms with Crippen molar-refractivity contribution in [3.8, 4) is 11.1 Å². The lowest BCUT2D eigenvalue weighted by Gasteiger charge is -2.15. The van der Waals surface area contributed by atoms with E-state index in [-0.39, 0.29) is 0 Å². The molecule has 0 unspecified atom stereocenters. The maximum absolute atomic E-state index is 6.16. The number of hydrogen-bond acceptors (Lipinski definition) is 2. The molecule has 1 saturated carbocycles. The van der Waals surface area contributed by atoms with Crippen LogP contribution < -0.4 is 5.73 Å². The molecule has 0 bridgehead atoms. The number of aromatic nitrogens is 2. The summed E-state index contributed by atoms with van der Waals surface area (Å²) in [4.78, 5) is 0. The van der Waals surface area contributed by atoms with Gasteiger partial charge in [0, 0.05) is 17.2 Å². The molecule has 1 aliphatic rings. The third kappa shape index (κ3) is 2.82. The first kappa shape index (κ1) is 14.2. The van der Waals surface area contributed by atoms with Gasteiger partial charge in [-0.1, -0.05) is 43.9 Å². The molecule has 21 heavy (non-hydrogen) atoms. The maximum Gasteiger partial charge on any atom is 0.153 e. The zero-order valence-electron chi connectivity index (χ0n) is 13.1. The van der Waals surface area contributed by atoms with Gasteiger partial charge in [0.1, 0.15) is 0 Å². The van der Waals surface area contributed by atoms with Crippen molar-refractivity contribution in [2.75, 3.05) is 5.73 Å². The Morgan fingerprint density at radius 3 is 2.43 bits per heavy atom. The molecule has 0 atom stereocenters. The van der Waals surface area contributed by atoms with E-state index in [4.69, 9.17) is 5.73 Å². The quantitative estimate of drug-likeness (QED) is 0.784.